The summed E-state index contributed by atoms with van der Waals surface area (Å²) in [5.74, 6) is 0. The third kappa shape index (κ3) is 1.07. The lowest BCUT2D eigenvalue weighted by molar-refractivity contribution is 0.177. The normalized spacial score (nSPS) is 14.9. The highest BCUT2D eigenvalue weighted by atomic mass is 16.3. The van der Waals surface area contributed by atoms with Gasteiger partial charge in [-0.15, -0.1) is 0 Å². The summed E-state index contributed by atoms with van der Waals surface area (Å²) in [6.07, 6.45) is 0. The molecular formula is C7H7O. The second kappa shape index (κ2) is 2.48. The summed E-state index contributed by atoms with van der Waals surface area (Å²) >= 11 is 0. The zero-order valence-electron chi connectivity index (χ0n) is 5.37. The third-order valence-corrected chi connectivity index (χ3v) is 0.936. The molecule has 1 rings (SSSR count). The number of hydrogen-bond donors (Lipinski definition) is 0. The standard InChI is InChI=1S/C7H7O/c8-6-7-4-2-1-3-5-7/h1-5H,6H2/i6T. The molecule has 1 heteroatoms. The molecule has 0 aliphatic rings. The summed E-state index contributed by atoms with van der Waals surface area (Å²) in [6.45, 7) is -1.34. The van der Waals surface area contributed by atoms with Gasteiger partial charge in [0.15, 0.2) is 0 Å². The van der Waals surface area contributed by atoms with E-state index >= 15 is 0 Å². The van der Waals surface area contributed by atoms with Crippen LogP contribution in [0.1, 0.15) is 6.93 Å². The van der Waals surface area contributed by atoms with Crippen LogP contribution < -0.4 is 0 Å². The molecule has 0 bridgehead atoms. The van der Waals surface area contributed by atoms with E-state index < -0.39 is 6.58 Å². The van der Waals surface area contributed by atoms with Crippen molar-refractivity contribution in [2.75, 3.05) is 0 Å². The van der Waals surface area contributed by atoms with Gasteiger partial charge < -0.3 is 0 Å². The Labute approximate surface area is 50.0 Å². The topological polar surface area (TPSA) is 19.9 Å². The minimum absolute atomic E-state index is 0.525. The molecule has 1 aromatic carbocycles. The van der Waals surface area contributed by atoms with Gasteiger partial charge in [-0.2, -0.15) is 0 Å². The molecule has 0 amide bonds. The second-order valence-electron chi connectivity index (χ2n) is 1.53. The molecule has 1 radical (unpaired) electrons. The highest BCUT2D eigenvalue weighted by Crippen LogP contribution is 1.95. The predicted octanol–water partition coefficient (Wildman–Crippen LogP) is 1.62. The molecule has 0 aliphatic carbocycles. The summed E-state index contributed by atoms with van der Waals surface area (Å²) in [5.41, 5.74) is 0.525. The van der Waals surface area contributed by atoms with Crippen molar-refractivity contribution in [3.63, 3.8) is 0 Å². The van der Waals surface area contributed by atoms with Gasteiger partial charge in [0.1, 0.15) is 6.58 Å². The van der Waals surface area contributed by atoms with E-state index in [0.29, 0.717) is 5.56 Å². The average Bonchev–Trinajstić information content (AvgIpc) is 1.90. The summed E-state index contributed by atoms with van der Waals surface area (Å²) in [6, 6.07) is 8.66. The summed E-state index contributed by atoms with van der Waals surface area (Å²) in [7, 11) is 0. The van der Waals surface area contributed by atoms with E-state index in [4.69, 9.17) is 1.37 Å². The van der Waals surface area contributed by atoms with Crippen LogP contribution in [-0.4, -0.2) is 0 Å². The number of benzene rings is 1. The molecule has 0 fully saturated rings. The number of rotatable bonds is 1. The lowest BCUT2D eigenvalue weighted by atomic mass is 10.2. The minimum Gasteiger partial charge on any atom is -0.232 e. The fourth-order valence-corrected chi connectivity index (χ4v) is 0.532. The van der Waals surface area contributed by atoms with Crippen LogP contribution >= 0.6 is 0 Å². The molecule has 0 spiro atoms. The first-order chi connectivity index (χ1) is 4.30. The zero-order chi connectivity index (χ0) is 6.69. The first-order valence-electron chi connectivity index (χ1n) is 3.01. The van der Waals surface area contributed by atoms with E-state index in [1.54, 1.807) is 24.3 Å². The Morgan fingerprint density at radius 2 is 2.00 bits per heavy atom. The molecule has 0 saturated heterocycles. The van der Waals surface area contributed by atoms with Crippen molar-refractivity contribution in [1.29, 1.82) is 0 Å². The summed E-state index contributed by atoms with van der Waals surface area (Å²) in [5, 5.41) is 10.4. The Bertz CT molecular complexity index is 172. The molecule has 0 aromatic heterocycles. The van der Waals surface area contributed by atoms with Crippen LogP contribution in [0.15, 0.2) is 30.3 Å². The van der Waals surface area contributed by atoms with Crippen LogP contribution in [0.2, 0.25) is 0 Å². The van der Waals surface area contributed by atoms with Gasteiger partial charge in [0.25, 0.3) is 0 Å². The SMILES string of the molecule is [3H]C([O])c1ccccc1. The van der Waals surface area contributed by atoms with Crippen LogP contribution in [-0.2, 0) is 11.7 Å². The highest BCUT2D eigenvalue weighted by Gasteiger charge is 1.82. The maximum atomic E-state index is 10.4. The smallest absolute Gasteiger partial charge is 0.107 e. The maximum absolute atomic E-state index is 10.4. The summed E-state index contributed by atoms with van der Waals surface area (Å²) in [4.78, 5) is 0. The van der Waals surface area contributed by atoms with Gasteiger partial charge in [-0.05, 0) is 5.56 Å². The van der Waals surface area contributed by atoms with Gasteiger partial charge >= 0.3 is 0 Å². The highest BCUT2D eigenvalue weighted by molar-refractivity contribution is 5.12. The molecule has 0 aliphatic heterocycles. The average molecular weight is 109 g/mol. The van der Waals surface area contributed by atoms with Crippen molar-refractivity contribution in [1.82, 2.24) is 0 Å². The van der Waals surface area contributed by atoms with Crippen molar-refractivity contribution < 1.29 is 6.48 Å². The van der Waals surface area contributed by atoms with Gasteiger partial charge in [-0.3, -0.25) is 0 Å². The predicted molar refractivity (Wildman–Crippen MR) is 30.8 cm³/mol. The first kappa shape index (κ1) is 4.10. The van der Waals surface area contributed by atoms with Gasteiger partial charge in [-0.25, -0.2) is 5.11 Å². The molecule has 1 aromatic rings. The molecular weight excluding hydrogens is 100 g/mol. The van der Waals surface area contributed by atoms with Crippen LogP contribution in [0.4, 0.5) is 0 Å². The third-order valence-electron chi connectivity index (χ3n) is 0.936. The van der Waals surface area contributed by atoms with Crippen molar-refractivity contribution in [2.45, 2.75) is 6.58 Å². The van der Waals surface area contributed by atoms with Gasteiger partial charge in [-0.1, -0.05) is 30.3 Å². The molecule has 1 nitrogen and oxygen atoms in total. The lowest BCUT2D eigenvalue weighted by Gasteiger charge is -1.87. The quantitative estimate of drug-likeness (QED) is 0.522. The van der Waals surface area contributed by atoms with Crippen molar-refractivity contribution in [3.8, 4) is 0 Å². The van der Waals surface area contributed by atoms with Gasteiger partial charge in [0.05, 0.1) is 1.37 Å². The maximum Gasteiger partial charge on any atom is 0.107 e. The molecule has 1 atom stereocenters. The minimum atomic E-state index is -1.34. The van der Waals surface area contributed by atoms with Crippen LogP contribution in [0.5, 0.6) is 0 Å². The molecule has 1 unspecified atom stereocenters. The molecule has 0 saturated carbocycles. The van der Waals surface area contributed by atoms with E-state index in [9.17, 15) is 5.11 Å². The van der Waals surface area contributed by atoms with Crippen LogP contribution in [0.3, 0.4) is 0 Å². The van der Waals surface area contributed by atoms with E-state index in [-0.39, 0.29) is 0 Å². The molecule has 0 heterocycles. The van der Waals surface area contributed by atoms with E-state index in [1.165, 1.54) is 0 Å². The van der Waals surface area contributed by atoms with E-state index in [0.717, 1.165) is 0 Å². The van der Waals surface area contributed by atoms with Crippen LogP contribution in [0, 0.1) is 0 Å². The van der Waals surface area contributed by atoms with Gasteiger partial charge in [0, 0.05) is 0 Å². The largest absolute Gasteiger partial charge is 0.232 e. The lowest BCUT2D eigenvalue weighted by Crippen LogP contribution is -1.75. The van der Waals surface area contributed by atoms with Crippen molar-refractivity contribution in [3.05, 3.63) is 35.9 Å². The Morgan fingerprint density at radius 3 is 2.38 bits per heavy atom. The first-order valence-corrected chi connectivity index (χ1v) is 2.44. The van der Waals surface area contributed by atoms with Crippen molar-refractivity contribution in [2.24, 2.45) is 0 Å². The Kier molecular flexibility index (Phi) is 1.27. The Morgan fingerprint density at radius 1 is 1.38 bits per heavy atom. The van der Waals surface area contributed by atoms with E-state index in [1.807, 2.05) is 6.07 Å². The van der Waals surface area contributed by atoms with Crippen molar-refractivity contribution >= 4 is 0 Å². The fraction of sp³-hybridized carbons (Fsp3) is 0.143. The zero-order valence-corrected chi connectivity index (χ0v) is 4.37. The van der Waals surface area contributed by atoms with E-state index in [2.05, 4.69) is 0 Å². The second-order valence-corrected chi connectivity index (χ2v) is 1.53. The summed E-state index contributed by atoms with van der Waals surface area (Å²) < 4.78 is 6.76. The Hall–Kier alpha value is -0.820. The molecule has 41 valence electrons. The Balaban J connectivity index is 2.85. The van der Waals surface area contributed by atoms with Gasteiger partial charge in [0.2, 0.25) is 0 Å². The number of hydrogen-bond acceptors (Lipinski definition) is 0. The monoisotopic (exact) mass is 109 g/mol. The fourth-order valence-electron chi connectivity index (χ4n) is 0.532. The molecule has 0 N–H and O–H groups in total. The van der Waals surface area contributed by atoms with Crippen LogP contribution in [0.25, 0.3) is 0 Å². The molecule has 8 heavy (non-hydrogen) atoms.